The number of thiophene rings is 1. The SMILES string of the molecule is Nc1ccc(C(=O)N2CCN(Cc3ccc(Cl)s3)CC2)cc1. The number of hydrogen-bond acceptors (Lipinski definition) is 4. The standard InChI is InChI=1S/C16H18ClN3OS/c17-15-6-5-14(22-15)11-19-7-9-20(10-8-19)16(21)12-1-3-13(18)4-2-12/h1-6H,7-11,18H2. The summed E-state index contributed by atoms with van der Waals surface area (Å²) in [5.41, 5.74) is 7.04. The summed E-state index contributed by atoms with van der Waals surface area (Å²) in [5.74, 6) is 0.0822. The molecule has 1 aromatic carbocycles. The second-order valence-electron chi connectivity index (χ2n) is 5.40. The van der Waals surface area contributed by atoms with Gasteiger partial charge in [0.25, 0.3) is 5.91 Å². The summed E-state index contributed by atoms with van der Waals surface area (Å²) in [4.78, 5) is 18.0. The van der Waals surface area contributed by atoms with Gasteiger partial charge in [0.2, 0.25) is 0 Å². The summed E-state index contributed by atoms with van der Waals surface area (Å²) in [7, 11) is 0. The van der Waals surface area contributed by atoms with Crippen molar-refractivity contribution in [2.24, 2.45) is 0 Å². The Balaban J connectivity index is 1.55. The Hall–Kier alpha value is -1.56. The van der Waals surface area contributed by atoms with Gasteiger partial charge in [-0.1, -0.05) is 11.6 Å². The number of carbonyl (C=O) groups is 1. The minimum absolute atomic E-state index is 0.0822. The number of carbonyl (C=O) groups excluding carboxylic acids is 1. The minimum Gasteiger partial charge on any atom is -0.399 e. The van der Waals surface area contributed by atoms with Gasteiger partial charge in [0.15, 0.2) is 0 Å². The number of nitrogen functional groups attached to an aromatic ring is 1. The molecule has 1 amide bonds. The van der Waals surface area contributed by atoms with Crippen LogP contribution in [-0.4, -0.2) is 41.9 Å². The van der Waals surface area contributed by atoms with Crippen molar-refractivity contribution in [2.75, 3.05) is 31.9 Å². The molecule has 0 radical (unpaired) electrons. The van der Waals surface area contributed by atoms with Gasteiger partial charge >= 0.3 is 0 Å². The van der Waals surface area contributed by atoms with Crippen LogP contribution in [0.2, 0.25) is 4.34 Å². The predicted octanol–water partition coefficient (Wildman–Crippen LogP) is 2.94. The number of benzene rings is 1. The highest BCUT2D eigenvalue weighted by Crippen LogP contribution is 2.23. The molecule has 4 nitrogen and oxygen atoms in total. The molecule has 6 heteroatoms. The first-order chi connectivity index (χ1) is 10.6. The number of piperazine rings is 1. The van der Waals surface area contributed by atoms with Crippen molar-refractivity contribution in [3.8, 4) is 0 Å². The van der Waals surface area contributed by atoms with E-state index in [1.165, 1.54) is 4.88 Å². The molecular weight excluding hydrogens is 318 g/mol. The van der Waals surface area contributed by atoms with Crippen LogP contribution in [0.4, 0.5) is 5.69 Å². The summed E-state index contributed by atoms with van der Waals surface area (Å²) in [5, 5.41) is 0. The van der Waals surface area contributed by atoms with E-state index in [9.17, 15) is 4.79 Å². The molecule has 0 spiro atoms. The average Bonchev–Trinajstić information content (AvgIpc) is 2.93. The zero-order chi connectivity index (χ0) is 15.5. The van der Waals surface area contributed by atoms with Crippen LogP contribution in [0.15, 0.2) is 36.4 Å². The Morgan fingerprint density at radius 3 is 2.36 bits per heavy atom. The molecule has 2 aromatic rings. The summed E-state index contributed by atoms with van der Waals surface area (Å²) in [6, 6.07) is 11.1. The molecule has 0 unspecified atom stereocenters. The van der Waals surface area contributed by atoms with E-state index in [1.54, 1.807) is 35.6 Å². The van der Waals surface area contributed by atoms with Crippen molar-refractivity contribution in [3.63, 3.8) is 0 Å². The molecule has 1 aliphatic heterocycles. The topological polar surface area (TPSA) is 49.6 Å². The van der Waals surface area contributed by atoms with Crippen LogP contribution in [0.25, 0.3) is 0 Å². The number of anilines is 1. The van der Waals surface area contributed by atoms with Crippen molar-refractivity contribution >= 4 is 34.5 Å². The minimum atomic E-state index is 0.0822. The molecule has 0 bridgehead atoms. The van der Waals surface area contributed by atoms with E-state index >= 15 is 0 Å². The maximum Gasteiger partial charge on any atom is 0.253 e. The van der Waals surface area contributed by atoms with Crippen molar-refractivity contribution in [1.82, 2.24) is 9.80 Å². The van der Waals surface area contributed by atoms with Gasteiger partial charge in [-0.3, -0.25) is 9.69 Å². The van der Waals surface area contributed by atoms with Crippen LogP contribution >= 0.6 is 22.9 Å². The number of rotatable bonds is 3. The second kappa shape index (κ2) is 6.69. The Morgan fingerprint density at radius 1 is 1.09 bits per heavy atom. The van der Waals surface area contributed by atoms with E-state index in [4.69, 9.17) is 17.3 Å². The van der Waals surface area contributed by atoms with Crippen LogP contribution in [0, 0.1) is 0 Å². The third kappa shape index (κ3) is 3.61. The molecule has 1 aliphatic rings. The van der Waals surface area contributed by atoms with Gasteiger partial charge in [-0.05, 0) is 36.4 Å². The van der Waals surface area contributed by atoms with Gasteiger partial charge in [-0.15, -0.1) is 11.3 Å². The van der Waals surface area contributed by atoms with E-state index in [0.29, 0.717) is 11.3 Å². The first kappa shape index (κ1) is 15.3. The highest BCUT2D eigenvalue weighted by atomic mass is 35.5. The molecule has 2 heterocycles. The Kier molecular flexibility index (Phi) is 4.66. The first-order valence-corrected chi connectivity index (χ1v) is 8.42. The van der Waals surface area contributed by atoms with Gasteiger partial charge in [-0.2, -0.15) is 0 Å². The van der Waals surface area contributed by atoms with Gasteiger partial charge < -0.3 is 10.6 Å². The van der Waals surface area contributed by atoms with Gasteiger partial charge in [0.1, 0.15) is 0 Å². The van der Waals surface area contributed by atoms with Crippen molar-refractivity contribution < 1.29 is 4.79 Å². The zero-order valence-corrected chi connectivity index (χ0v) is 13.7. The van der Waals surface area contributed by atoms with Crippen LogP contribution in [0.5, 0.6) is 0 Å². The van der Waals surface area contributed by atoms with Crippen LogP contribution < -0.4 is 5.73 Å². The summed E-state index contributed by atoms with van der Waals surface area (Å²) < 4.78 is 0.826. The molecule has 1 fully saturated rings. The fraction of sp³-hybridized carbons (Fsp3) is 0.312. The van der Waals surface area contributed by atoms with Crippen LogP contribution in [-0.2, 0) is 6.54 Å². The predicted molar refractivity (Wildman–Crippen MR) is 91.4 cm³/mol. The number of nitrogens with two attached hydrogens (primary N) is 1. The fourth-order valence-corrected chi connectivity index (χ4v) is 3.70. The molecule has 0 saturated carbocycles. The Labute approximate surface area is 139 Å². The summed E-state index contributed by atoms with van der Waals surface area (Å²) in [6.07, 6.45) is 0. The normalized spacial score (nSPS) is 16.0. The van der Waals surface area contributed by atoms with Crippen LogP contribution in [0.3, 0.4) is 0 Å². The van der Waals surface area contributed by atoms with Crippen LogP contribution in [0.1, 0.15) is 15.2 Å². The third-order valence-corrected chi connectivity index (χ3v) is 5.04. The molecule has 0 atom stereocenters. The van der Waals surface area contributed by atoms with Crippen molar-refractivity contribution in [3.05, 3.63) is 51.2 Å². The molecule has 2 N–H and O–H groups in total. The maximum atomic E-state index is 12.4. The van der Waals surface area contributed by atoms with Gasteiger partial charge in [0, 0.05) is 48.9 Å². The molecule has 3 rings (SSSR count). The van der Waals surface area contributed by atoms with Crippen molar-refractivity contribution in [2.45, 2.75) is 6.54 Å². The number of hydrogen-bond donors (Lipinski definition) is 1. The number of halogens is 1. The van der Waals surface area contributed by atoms with E-state index in [0.717, 1.165) is 37.1 Å². The molecule has 0 aliphatic carbocycles. The summed E-state index contributed by atoms with van der Waals surface area (Å²) in [6.45, 7) is 4.18. The maximum absolute atomic E-state index is 12.4. The highest BCUT2D eigenvalue weighted by molar-refractivity contribution is 7.16. The summed E-state index contributed by atoms with van der Waals surface area (Å²) >= 11 is 7.58. The van der Waals surface area contributed by atoms with E-state index in [-0.39, 0.29) is 5.91 Å². The highest BCUT2D eigenvalue weighted by Gasteiger charge is 2.22. The third-order valence-electron chi connectivity index (χ3n) is 3.83. The Bertz CT molecular complexity index is 648. The van der Waals surface area contributed by atoms with E-state index in [2.05, 4.69) is 11.0 Å². The van der Waals surface area contributed by atoms with Gasteiger partial charge in [-0.25, -0.2) is 0 Å². The average molecular weight is 336 g/mol. The lowest BCUT2D eigenvalue weighted by atomic mass is 10.1. The smallest absolute Gasteiger partial charge is 0.253 e. The lowest BCUT2D eigenvalue weighted by Crippen LogP contribution is -2.48. The fourth-order valence-electron chi connectivity index (χ4n) is 2.57. The molecular formula is C16H18ClN3OS. The molecule has 22 heavy (non-hydrogen) atoms. The molecule has 1 aromatic heterocycles. The van der Waals surface area contributed by atoms with E-state index in [1.807, 2.05) is 11.0 Å². The lowest BCUT2D eigenvalue weighted by Gasteiger charge is -2.34. The van der Waals surface area contributed by atoms with Gasteiger partial charge in [0.05, 0.1) is 4.34 Å². The Morgan fingerprint density at radius 2 is 1.77 bits per heavy atom. The number of amides is 1. The van der Waals surface area contributed by atoms with Crippen molar-refractivity contribution in [1.29, 1.82) is 0 Å². The second-order valence-corrected chi connectivity index (χ2v) is 7.20. The zero-order valence-electron chi connectivity index (χ0n) is 12.2. The van der Waals surface area contributed by atoms with E-state index < -0.39 is 0 Å². The largest absolute Gasteiger partial charge is 0.399 e. The molecule has 1 saturated heterocycles. The first-order valence-electron chi connectivity index (χ1n) is 7.23. The monoisotopic (exact) mass is 335 g/mol. The number of nitrogens with zero attached hydrogens (tertiary/aromatic N) is 2. The lowest BCUT2D eigenvalue weighted by molar-refractivity contribution is 0.0629. The quantitative estimate of drug-likeness (QED) is 0.877. The molecule has 116 valence electrons.